The van der Waals surface area contributed by atoms with Crippen molar-refractivity contribution >= 4 is 11.8 Å². The maximum absolute atomic E-state index is 4.71. The Morgan fingerprint density at radius 3 is 2.60 bits per heavy atom. The minimum atomic E-state index is 0.694. The molecule has 4 nitrogen and oxygen atoms in total. The molecule has 25 heavy (non-hydrogen) atoms. The Morgan fingerprint density at radius 2 is 1.88 bits per heavy atom. The lowest BCUT2D eigenvalue weighted by Gasteiger charge is -2.33. The van der Waals surface area contributed by atoms with E-state index in [2.05, 4.69) is 59.4 Å². The molecule has 1 aliphatic rings. The molecular weight excluding hydrogens is 308 g/mol. The second-order valence-corrected chi connectivity index (χ2v) is 7.47. The van der Waals surface area contributed by atoms with Crippen LogP contribution in [0.15, 0.2) is 42.6 Å². The van der Waals surface area contributed by atoms with Crippen LogP contribution in [0.25, 0.3) is 0 Å². The molecule has 134 valence electrons. The summed E-state index contributed by atoms with van der Waals surface area (Å²) in [5, 5.41) is 3.35. The van der Waals surface area contributed by atoms with Crippen LogP contribution in [-0.2, 0) is 6.42 Å². The van der Waals surface area contributed by atoms with Gasteiger partial charge < -0.3 is 10.2 Å². The van der Waals surface area contributed by atoms with Gasteiger partial charge in [-0.05, 0) is 49.1 Å². The van der Waals surface area contributed by atoms with Crippen molar-refractivity contribution in [2.75, 3.05) is 29.9 Å². The van der Waals surface area contributed by atoms with Crippen LogP contribution in [0.2, 0.25) is 0 Å². The molecule has 0 amide bonds. The Kier molecular flexibility index (Phi) is 6.26. The number of piperidine rings is 1. The summed E-state index contributed by atoms with van der Waals surface area (Å²) in [6.07, 6.45) is 6.67. The summed E-state index contributed by atoms with van der Waals surface area (Å²) >= 11 is 0. The SMILES string of the molecule is CC(C)CCNc1nccc(N2CCC(Cc3ccccc3)CC2)n1. The predicted molar refractivity (Wildman–Crippen MR) is 105 cm³/mol. The Balaban J connectivity index is 1.50. The van der Waals surface area contributed by atoms with E-state index in [4.69, 9.17) is 4.98 Å². The van der Waals surface area contributed by atoms with E-state index < -0.39 is 0 Å². The van der Waals surface area contributed by atoms with Crippen LogP contribution in [0, 0.1) is 11.8 Å². The lowest BCUT2D eigenvalue weighted by atomic mass is 9.90. The predicted octanol–water partition coefficient (Wildman–Crippen LogP) is 4.39. The first-order valence-electron chi connectivity index (χ1n) is 9.56. The number of aromatic nitrogens is 2. The minimum absolute atomic E-state index is 0.694. The van der Waals surface area contributed by atoms with E-state index >= 15 is 0 Å². The molecule has 0 spiro atoms. The molecule has 1 aromatic heterocycles. The number of rotatable bonds is 7. The first kappa shape index (κ1) is 17.7. The number of benzene rings is 1. The number of nitrogens with zero attached hydrogens (tertiary/aromatic N) is 3. The van der Waals surface area contributed by atoms with Crippen molar-refractivity contribution in [2.45, 2.75) is 39.5 Å². The molecular formula is C21H30N4. The van der Waals surface area contributed by atoms with Gasteiger partial charge >= 0.3 is 0 Å². The largest absolute Gasteiger partial charge is 0.356 e. The van der Waals surface area contributed by atoms with E-state index in [1.54, 1.807) is 0 Å². The van der Waals surface area contributed by atoms with Crippen LogP contribution < -0.4 is 10.2 Å². The van der Waals surface area contributed by atoms with Crippen LogP contribution in [0.5, 0.6) is 0 Å². The summed E-state index contributed by atoms with van der Waals surface area (Å²) in [5.41, 5.74) is 1.46. The zero-order valence-corrected chi connectivity index (χ0v) is 15.5. The van der Waals surface area contributed by atoms with Gasteiger partial charge in [-0.15, -0.1) is 0 Å². The summed E-state index contributed by atoms with van der Waals surface area (Å²) in [4.78, 5) is 11.5. The molecule has 1 fully saturated rings. The van der Waals surface area contributed by atoms with Gasteiger partial charge in [0, 0.05) is 25.8 Å². The number of hydrogen-bond acceptors (Lipinski definition) is 4. The normalized spacial score (nSPS) is 15.6. The second-order valence-electron chi connectivity index (χ2n) is 7.47. The zero-order chi connectivity index (χ0) is 17.5. The van der Waals surface area contributed by atoms with Crippen molar-refractivity contribution < 1.29 is 0 Å². The zero-order valence-electron chi connectivity index (χ0n) is 15.5. The minimum Gasteiger partial charge on any atom is -0.356 e. The van der Waals surface area contributed by atoms with E-state index in [0.29, 0.717) is 5.92 Å². The van der Waals surface area contributed by atoms with Crippen LogP contribution in [0.3, 0.4) is 0 Å². The Morgan fingerprint density at radius 1 is 1.12 bits per heavy atom. The molecule has 1 aliphatic heterocycles. The lowest BCUT2D eigenvalue weighted by Crippen LogP contribution is -2.35. The van der Waals surface area contributed by atoms with Gasteiger partial charge in [-0.1, -0.05) is 44.2 Å². The summed E-state index contributed by atoms with van der Waals surface area (Å²) in [5.74, 6) is 3.29. The molecule has 0 saturated carbocycles. The van der Waals surface area contributed by atoms with Gasteiger partial charge in [0.25, 0.3) is 0 Å². The third kappa shape index (κ3) is 5.45. The Hall–Kier alpha value is -2.10. The van der Waals surface area contributed by atoms with Gasteiger partial charge in [0.1, 0.15) is 5.82 Å². The maximum atomic E-state index is 4.71. The third-order valence-corrected chi connectivity index (χ3v) is 4.95. The van der Waals surface area contributed by atoms with E-state index in [1.807, 2.05) is 12.3 Å². The molecule has 0 unspecified atom stereocenters. The monoisotopic (exact) mass is 338 g/mol. The quantitative estimate of drug-likeness (QED) is 0.813. The van der Waals surface area contributed by atoms with E-state index in [9.17, 15) is 0 Å². The topological polar surface area (TPSA) is 41.1 Å². The fourth-order valence-corrected chi connectivity index (χ4v) is 3.40. The number of hydrogen-bond donors (Lipinski definition) is 1. The molecule has 0 aliphatic carbocycles. The van der Waals surface area contributed by atoms with Crippen molar-refractivity contribution in [3.8, 4) is 0 Å². The third-order valence-electron chi connectivity index (χ3n) is 4.95. The fraction of sp³-hybridized carbons (Fsp3) is 0.524. The van der Waals surface area contributed by atoms with Crippen molar-refractivity contribution in [3.63, 3.8) is 0 Å². The molecule has 2 aromatic rings. The van der Waals surface area contributed by atoms with Crippen LogP contribution in [0.4, 0.5) is 11.8 Å². The molecule has 0 radical (unpaired) electrons. The van der Waals surface area contributed by atoms with Crippen LogP contribution in [-0.4, -0.2) is 29.6 Å². The summed E-state index contributed by atoms with van der Waals surface area (Å²) in [6.45, 7) is 7.57. The van der Waals surface area contributed by atoms with Gasteiger partial charge in [0.15, 0.2) is 0 Å². The highest BCUT2D eigenvalue weighted by Crippen LogP contribution is 2.25. The smallest absolute Gasteiger partial charge is 0.224 e. The van der Waals surface area contributed by atoms with E-state index in [0.717, 1.165) is 43.7 Å². The van der Waals surface area contributed by atoms with Gasteiger partial charge in [-0.2, -0.15) is 4.98 Å². The first-order valence-corrected chi connectivity index (χ1v) is 9.56. The molecule has 0 bridgehead atoms. The van der Waals surface area contributed by atoms with Crippen molar-refractivity contribution in [3.05, 3.63) is 48.2 Å². The van der Waals surface area contributed by atoms with Gasteiger partial charge in [-0.3, -0.25) is 0 Å². The molecule has 3 rings (SSSR count). The van der Waals surface area contributed by atoms with Gasteiger partial charge in [0.05, 0.1) is 0 Å². The summed E-state index contributed by atoms with van der Waals surface area (Å²) in [6, 6.07) is 12.9. The van der Waals surface area contributed by atoms with Crippen molar-refractivity contribution in [2.24, 2.45) is 11.8 Å². The first-order chi connectivity index (χ1) is 12.2. The van der Waals surface area contributed by atoms with E-state index in [-0.39, 0.29) is 0 Å². The second kappa shape index (κ2) is 8.84. The molecule has 1 N–H and O–H groups in total. The van der Waals surface area contributed by atoms with Gasteiger partial charge in [-0.25, -0.2) is 4.98 Å². The summed E-state index contributed by atoms with van der Waals surface area (Å²) in [7, 11) is 0. The van der Waals surface area contributed by atoms with Crippen LogP contribution >= 0.6 is 0 Å². The van der Waals surface area contributed by atoms with Crippen molar-refractivity contribution in [1.82, 2.24) is 9.97 Å². The average Bonchev–Trinajstić information content (AvgIpc) is 2.63. The number of nitrogens with one attached hydrogen (secondary N) is 1. The molecule has 0 atom stereocenters. The molecule has 1 saturated heterocycles. The maximum Gasteiger partial charge on any atom is 0.224 e. The van der Waals surface area contributed by atoms with Crippen molar-refractivity contribution in [1.29, 1.82) is 0 Å². The fourth-order valence-electron chi connectivity index (χ4n) is 3.40. The average molecular weight is 338 g/mol. The van der Waals surface area contributed by atoms with Gasteiger partial charge in [0.2, 0.25) is 5.95 Å². The van der Waals surface area contributed by atoms with Crippen LogP contribution in [0.1, 0.15) is 38.7 Å². The number of anilines is 2. The molecule has 4 heteroatoms. The lowest BCUT2D eigenvalue weighted by molar-refractivity contribution is 0.402. The summed E-state index contributed by atoms with van der Waals surface area (Å²) < 4.78 is 0. The molecule has 2 heterocycles. The Bertz CT molecular complexity index is 633. The highest BCUT2D eigenvalue weighted by molar-refractivity contribution is 5.42. The molecule has 1 aromatic carbocycles. The Labute approximate surface area is 151 Å². The highest BCUT2D eigenvalue weighted by atomic mass is 15.2. The standard InChI is InChI=1S/C21H30N4/c1-17(2)8-12-22-21-23-13-9-20(24-21)25-14-10-19(11-15-25)16-18-6-4-3-5-7-18/h3-7,9,13,17,19H,8,10-12,14-16H2,1-2H3,(H,22,23,24). The van der Waals surface area contributed by atoms with E-state index in [1.165, 1.54) is 24.8 Å². The highest BCUT2D eigenvalue weighted by Gasteiger charge is 2.20.